The minimum Gasteiger partial charge on any atom is -0.457 e. The summed E-state index contributed by atoms with van der Waals surface area (Å²) in [5.41, 5.74) is 0.780. The number of carbonyl (C=O) groups excluding carboxylic acids is 1. The number of amides is 1. The minimum absolute atomic E-state index is 0.0430. The third kappa shape index (κ3) is 4.95. The molecule has 2 aromatic carbocycles. The van der Waals surface area contributed by atoms with E-state index in [-0.39, 0.29) is 11.7 Å². The first-order valence-electron chi connectivity index (χ1n) is 8.59. The third-order valence-corrected chi connectivity index (χ3v) is 4.03. The fraction of sp³-hybridized carbons (Fsp3) is 0.238. The monoisotopic (exact) mass is 348 g/mol. The molecule has 1 saturated heterocycles. The molecule has 0 radical (unpaired) electrons. The molecule has 1 fully saturated rings. The Kier molecular flexibility index (Phi) is 6.02. The standard InChI is InChI=1S/C21H20N2O3/c22-14-17(21(24)23-15-20-10-5-11-25-20)12-16-6-4-9-19(13-16)26-18-7-2-1-3-8-18/h1-4,6-9,12-13,20H,5,10-11,15H2,(H,23,24)/b17-12+/t20-/m0/s1. The highest BCUT2D eigenvalue weighted by Gasteiger charge is 2.17. The summed E-state index contributed by atoms with van der Waals surface area (Å²) in [6.07, 6.45) is 3.55. The van der Waals surface area contributed by atoms with Gasteiger partial charge in [-0.3, -0.25) is 4.79 Å². The van der Waals surface area contributed by atoms with Crippen LogP contribution in [0.15, 0.2) is 60.2 Å². The summed E-state index contributed by atoms with van der Waals surface area (Å²) in [6.45, 7) is 1.16. The van der Waals surface area contributed by atoms with E-state index in [1.165, 1.54) is 0 Å². The van der Waals surface area contributed by atoms with Crippen LogP contribution < -0.4 is 10.1 Å². The van der Waals surface area contributed by atoms with E-state index < -0.39 is 5.91 Å². The number of nitrogens with zero attached hydrogens (tertiary/aromatic N) is 1. The molecule has 1 aliphatic rings. The van der Waals surface area contributed by atoms with E-state index in [2.05, 4.69) is 5.32 Å². The van der Waals surface area contributed by atoms with Crippen LogP contribution in [0.25, 0.3) is 6.08 Å². The smallest absolute Gasteiger partial charge is 0.262 e. The molecular weight excluding hydrogens is 328 g/mol. The number of ether oxygens (including phenoxy) is 2. The number of nitriles is 1. The van der Waals surface area contributed by atoms with Crippen LogP contribution in [0.5, 0.6) is 11.5 Å². The SMILES string of the molecule is N#C/C(=C\c1cccc(Oc2ccccc2)c1)C(=O)NC[C@@H]1CCCO1. The molecule has 1 heterocycles. The van der Waals surface area contributed by atoms with E-state index in [0.717, 1.165) is 30.8 Å². The Morgan fingerprint density at radius 2 is 2.04 bits per heavy atom. The highest BCUT2D eigenvalue weighted by atomic mass is 16.5. The zero-order chi connectivity index (χ0) is 18.2. The highest BCUT2D eigenvalue weighted by molar-refractivity contribution is 6.01. The Morgan fingerprint density at radius 1 is 1.23 bits per heavy atom. The molecule has 5 nitrogen and oxygen atoms in total. The lowest BCUT2D eigenvalue weighted by Gasteiger charge is -2.10. The van der Waals surface area contributed by atoms with Crippen LogP contribution in [-0.4, -0.2) is 25.2 Å². The Balaban J connectivity index is 1.67. The number of hydrogen-bond acceptors (Lipinski definition) is 4. The van der Waals surface area contributed by atoms with Crippen molar-refractivity contribution in [1.82, 2.24) is 5.32 Å². The molecule has 0 unspecified atom stereocenters. The van der Waals surface area contributed by atoms with Crippen molar-refractivity contribution >= 4 is 12.0 Å². The van der Waals surface area contributed by atoms with E-state index >= 15 is 0 Å². The Labute approximate surface area is 152 Å². The number of hydrogen-bond donors (Lipinski definition) is 1. The number of benzene rings is 2. The fourth-order valence-electron chi connectivity index (χ4n) is 2.71. The lowest BCUT2D eigenvalue weighted by molar-refractivity contribution is -0.117. The van der Waals surface area contributed by atoms with Crippen molar-refractivity contribution in [3.63, 3.8) is 0 Å². The first kappa shape index (κ1) is 17.7. The molecule has 1 N–H and O–H groups in total. The molecule has 0 aliphatic carbocycles. The maximum absolute atomic E-state index is 12.2. The number of carbonyl (C=O) groups is 1. The van der Waals surface area contributed by atoms with Gasteiger partial charge in [0.05, 0.1) is 6.10 Å². The molecule has 5 heteroatoms. The second-order valence-corrected chi connectivity index (χ2v) is 6.00. The van der Waals surface area contributed by atoms with E-state index in [1.807, 2.05) is 54.6 Å². The van der Waals surface area contributed by atoms with Crippen molar-refractivity contribution in [1.29, 1.82) is 5.26 Å². The van der Waals surface area contributed by atoms with Crippen LogP contribution in [0.2, 0.25) is 0 Å². The number of para-hydroxylation sites is 1. The third-order valence-electron chi connectivity index (χ3n) is 4.03. The average Bonchev–Trinajstić information content (AvgIpc) is 3.19. The highest BCUT2D eigenvalue weighted by Crippen LogP contribution is 2.22. The fourth-order valence-corrected chi connectivity index (χ4v) is 2.71. The predicted molar refractivity (Wildman–Crippen MR) is 98.5 cm³/mol. The molecule has 0 saturated carbocycles. The largest absolute Gasteiger partial charge is 0.457 e. The maximum atomic E-state index is 12.2. The quantitative estimate of drug-likeness (QED) is 0.638. The van der Waals surface area contributed by atoms with Gasteiger partial charge in [-0.05, 0) is 48.7 Å². The van der Waals surface area contributed by atoms with Gasteiger partial charge in [-0.2, -0.15) is 5.26 Å². The van der Waals surface area contributed by atoms with E-state index in [0.29, 0.717) is 12.3 Å². The Bertz CT molecular complexity index is 819. The molecule has 26 heavy (non-hydrogen) atoms. The van der Waals surface area contributed by atoms with Crippen molar-refractivity contribution in [2.75, 3.05) is 13.2 Å². The van der Waals surface area contributed by atoms with Crippen LogP contribution >= 0.6 is 0 Å². The second kappa shape index (κ2) is 8.84. The van der Waals surface area contributed by atoms with Gasteiger partial charge in [0.2, 0.25) is 0 Å². The van der Waals surface area contributed by atoms with Crippen molar-refractivity contribution < 1.29 is 14.3 Å². The summed E-state index contributed by atoms with van der Waals surface area (Å²) in [4.78, 5) is 12.2. The van der Waals surface area contributed by atoms with Crippen molar-refractivity contribution in [3.05, 3.63) is 65.7 Å². The van der Waals surface area contributed by atoms with E-state index in [1.54, 1.807) is 12.1 Å². The number of nitrogens with one attached hydrogen (secondary N) is 1. The van der Waals surface area contributed by atoms with Gasteiger partial charge in [0.25, 0.3) is 5.91 Å². The van der Waals surface area contributed by atoms with Gasteiger partial charge in [-0.25, -0.2) is 0 Å². The normalized spacial score (nSPS) is 16.7. The summed E-state index contributed by atoms with van der Waals surface area (Å²) < 4.78 is 11.3. The van der Waals surface area contributed by atoms with Gasteiger partial charge >= 0.3 is 0 Å². The van der Waals surface area contributed by atoms with E-state index in [4.69, 9.17) is 9.47 Å². The first-order chi connectivity index (χ1) is 12.7. The van der Waals surface area contributed by atoms with Crippen LogP contribution in [-0.2, 0) is 9.53 Å². The summed E-state index contributed by atoms with van der Waals surface area (Å²) in [6, 6.07) is 18.7. The molecule has 1 atom stereocenters. The van der Waals surface area contributed by atoms with Crippen LogP contribution in [0.4, 0.5) is 0 Å². The Morgan fingerprint density at radius 3 is 2.77 bits per heavy atom. The van der Waals surface area contributed by atoms with Crippen molar-refractivity contribution in [2.45, 2.75) is 18.9 Å². The summed E-state index contributed by atoms with van der Waals surface area (Å²) in [7, 11) is 0. The van der Waals surface area contributed by atoms with Gasteiger partial charge in [0.1, 0.15) is 23.1 Å². The topological polar surface area (TPSA) is 71.3 Å². The number of rotatable bonds is 6. The zero-order valence-electron chi connectivity index (χ0n) is 14.4. The van der Waals surface area contributed by atoms with Crippen LogP contribution in [0.3, 0.4) is 0 Å². The maximum Gasteiger partial charge on any atom is 0.262 e. The lowest BCUT2D eigenvalue weighted by Crippen LogP contribution is -2.32. The van der Waals surface area contributed by atoms with E-state index in [9.17, 15) is 10.1 Å². The summed E-state index contributed by atoms with van der Waals surface area (Å²) >= 11 is 0. The summed E-state index contributed by atoms with van der Waals surface area (Å²) in [5.74, 6) is 0.975. The minimum atomic E-state index is -0.391. The predicted octanol–water partition coefficient (Wildman–Crippen LogP) is 3.68. The molecular formula is C21H20N2O3. The molecule has 0 aromatic heterocycles. The molecule has 132 valence electrons. The van der Waals surface area contributed by atoms with Gasteiger partial charge < -0.3 is 14.8 Å². The van der Waals surface area contributed by atoms with Gasteiger partial charge in [-0.15, -0.1) is 0 Å². The summed E-state index contributed by atoms with van der Waals surface area (Å²) in [5, 5.41) is 12.1. The molecule has 0 bridgehead atoms. The van der Waals surface area contributed by atoms with Gasteiger partial charge in [-0.1, -0.05) is 30.3 Å². The lowest BCUT2D eigenvalue weighted by atomic mass is 10.1. The van der Waals surface area contributed by atoms with Gasteiger partial charge in [0, 0.05) is 13.2 Å². The first-order valence-corrected chi connectivity index (χ1v) is 8.59. The average molecular weight is 348 g/mol. The van der Waals surface area contributed by atoms with Crippen molar-refractivity contribution in [3.8, 4) is 17.6 Å². The zero-order valence-corrected chi connectivity index (χ0v) is 14.4. The van der Waals surface area contributed by atoms with Crippen molar-refractivity contribution in [2.24, 2.45) is 0 Å². The molecule has 3 rings (SSSR count). The second-order valence-electron chi connectivity index (χ2n) is 6.00. The van der Waals surface area contributed by atoms with Crippen LogP contribution in [0.1, 0.15) is 18.4 Å². The molecule has 1 aliphatic heterocycles. The molecule has 1 amide bonds. The van der Waals surface area contributed by atoms with Crippen LogP contribution in [0, 0.1) is 11.3 Å². The Hall–Kier alpha value is -3.10. The molecule has 2 aromatic rings. The van der Waals surface area contributed by atoms with Gasteiger partial charge in [0.15, 0.2) is 0 Å². The molecule has 0 spiro atoms.